The summed E-state index contributed by atoms with van der Waals surface area (Å²) in [5.74, 6) is 1.76. The molecule has 1 nitrogen and oxygen atoms in total. The van der Waals surface area contributed by atoms with Crippen LogP contribution in [0.1, 0.15) is 208 Å². The zero-order valence-electron chi connectivity index (χ0n) is 74.8. The second-order valence-electron chi connectivity index (χ2n) is 31.2. The van der Waals surface area contributed by atoms with Gasteiger partial charge < -0.3 is 12.2 Å². The van der Waals surface area contributed by atoms with Crippen LogP contribution in [-0.2, 0) is 44.5 Å². The number of aryl methyl sites for hydroxylation is 18. The zero-order chi connectivity index (χ0) is 83.7. The van der Waals surface area contributed by atoms with Gasteiger partial charge in [-0.3, -0.25) is 0 Å². The Bertz CT molecular complexity index is 4600. The van der Waals surface area contributed by atoms with Crippen molar-refractivity contribution in [1.29, 1.82) is 0 Å². The van der Waals surface area contributed by atoms with Crippen LogP contribution < -0.4 is 4.74 Å². The molecule has 0 aromatic heterocycles. The molecule has 0 bridgehead atoms. The van der Waals surface area contributed by atoms with E-state index in [-0.39, 0.29) is 97.5 Å². The van der Waals surface area contributed by atoms with E-state index in [1.807, 2.05) is 48.5 Å². The fraction of sp³-hybridized carbons (Fsp3) is 0.264. The SMILES string of the molecule is C.C.C.C.C.C.C.CCC.Cc1ccc(-c2ccc(C)cc2)cc1.Cc1ccc(C(C)(C)c2ccc(C)cc2)cc1.Cc1ccc(C)cc1.Cc1ccc(C)cc1.Cc1ccc(Cc2ccc(C)cc2)cc1.Cc1ccc(Oc2ccc(C)cc2)cc1.Cc1ccc(Sc2ccc(C)cc2)cc1.Cc1ccc2cc(C)ccc2c1.Cc1cccc(C)c1.[CH3-].[Y]. The number of hydrogen-bond acceptors (Lipinski definition) is 2. The van der Waals surface area contributed by atoms with Crippen LogP contribution in [0.25, 0.3) is 21.9 Å². The van der Waals surface area contributed by atoms with Gasteiger partial charge in [0.25, 0.3) is 0 Å². The van der Waals surface area contributed by atoms with Crippen molar-refractivity contribution in [3.8, 4) is 22.6 Å². The Balaban J connectivity index is -0.000000651. The smallest absolute Gasteiger partial charge is 0.127 e. The summed E-state index contributed by atoms with van der Waals surface area (Å²) in [5.41, 5.74) is 31.8. The minimum Gasteiger partial charge on any atom is -0.457 e. The molecule has 15 aromatic rings. The number of ether oxygens (including phenoxy) is 1. The quantitative estimate of drug-likeness (QED) is 0.133. The molecule has 0 atom stereocenters. The molecule has 15 rings (SSSR count). The summed E-state index contributed by atoms with van der Waals surface area (Å²) >= 11 is 1.80. The summed E-state index contributed by atoms with van der Waals surface area (Å²) < 4.78 is 5.69. The minimum atomic E-state index is 0. The van der Waals surface area contributed by atoms with Gasteiger partial charge in [0.15, 0.2) is 0 Å². The molecule has 0 spiro atoms. The molecule has 0 N–H and O–H groups in total. The van der Waals surface area contributed by atoms with Crippen LogP contribution in [0.15, 0.2) is 362 Å². The molecule has 1 radical (unpaired) electrons. The molecule has 0 fully saturated rings. The average molecular weight is 1750 g/mol. The van der Waals surface area contributed by atoms with Gasteiger partial charge in [0.05, 0.1) is 0 Å². The maximum absolute atomic E-state index is 5.69. The first-order valence-electron chi connectivity index (χ1n) is 40.6. The van der Waals surface area contributed by atoms with Gasteiger partial charge in [-0.2, -0.15) is 0 Å². The van der Waals surface area contributed by atoms with Gasteiger partial charge in [-0.05, 0) is 224 Å². The predicted molar refractivity (Wildman–Crippen MR) is 561 cm³/mol. The average Bonchev–Trinajstić information content (AvgIpc) is 0.805. The van der Waals surface area contributed by atoms with Crippen molar-refractivity contribution >= 4 is 22.5 Å². The Kier molecular flexibility index (Phi) is 62.5. The molecule has 15 aromatic carbocycles. The fourth-order valence-corrected chi connectivity index (χ4v) is 12.3. The third-order valence-electron chi connectivity index (χ3n) is 18.9. The molecule has 0 amide bonds. The first-order chi connectivity index (χ1) is 55.0. The van der Waals surface area contributed by atoms with E-state index in [1.54, 1.807) is 11.8 Å². The summed E-state index contributed by atoms with van der Waals surface area (Å²) in [6.45, 7) is 46.7. The van der Waals surface area contributed by atoms with Crippen LogP contribution in [0.5, 0.6) is 11.5 Å². The van der Waals surface area contributed by atoms with Gasteiger partial charge in [0, 0.05) is 47.9 Å². The van der Waals surface area contributed by atoms with E-state index in [0.717, 1.165) is 17.9 Å². The van der Waals surface area contributed by atoms with Crippen molar-refractivity contribution < 1.29 is 37.4 Å². The monoisotopic (exact) mass is 1750 g/mol. The van der Waals surface area contributed by atoms with E-state index in [9.17, 15) is 0 Å². The van der Waals surface area contributed by atoms with Crippen LogP contribution in [-0.4, -0.2) is 0 Å². The standard InChI is InChI=1S/C17H20.C15H16.C14H14O.C14H14S.C14H14.C12H12.3C8H10.C3H8.7CH4.CH3.Y/c1-13-5-9-15(10-6-13)17(3,4)16-11-7-14(2)8-12-16;1-12-3-7-14(8-4-12)11-15-9-5-13(2)6-10-15;2*1-11-3-7-13(8-4-11)15-14-9-5-12(2)6-10-14;1-11-3-7-13(8-4-11)14-9-5-12(2)6-10-14;1-9-3-5-12-8-10(2)4-6-11(12)7-9;2*1-7-3-5-8(2)6-4-7;1-7-4-3-5-8(2)6-7;1-3-2;;;;;;;;;/h5-12H,1-4H3;3-10H,11H2,1-2H3;2*3-10H,1-2H3;3-10H,1-2H3;3-8H,1-2H3;3*3-6H,1-2H3;3H2,1-2H3;7*1H4;1H3;/q;;;;;;;;;;;;;;;;;-1;. The Morgan fingerprint density at radius 1 is 0.226 bits per heavy atom. The molecule has 0 heterocycles. The third-order valence-corrected chi connectivity index (χ3v) is 20.0. The Morgan fingerprint density at radius 2 is 0.411 bits per heavy atom. The fourth-order valence-electron chi connectivity index (χ4n) is 11.5. The summed E-state index contributed by atoms with van der Waals surface area (Å²) in [4.78, 5) is 2.59. The minimum absolute atomic E-state index is 0. The van der Waals surface area contributed by atoms with Crippen molar-refractivity contribution in [1.82, 2.24) is 0 Å². The normalized spacial score (nSPS) is 9.37. The third kappa shape index (κ3) is 47.6. The molecule has 3 heteroatoms. The topological polar surface area (TPSA) is 9.23 Å². The first-order valence-corrected chi connectivity index (χ1v) is 41.4. The second-order valence-corrected chi connectivity index (χ2v) is 32.4. The van der Waals surface area contributed by atoms with Crippen LogP contribution in [0.4, 0.5) is 0 Å². The van der Waals surface area contributed by atoms with Crippen molar-refractivity contribution in [3.63, 3.8) is 0 Å². The van der Waals surface area contributed by atoms with Crippen LogP contribution >= 0.6 is 11.8 Å². The maximum atomic E-state index is 5.69. The molecule has 659 valence electrons. The zero-order valence-corrected chi connectivity index (χ0v) is 78.4. The molecule has 0 aliphatic rings. The number of rotatable bonds is 9. The van der Waals surface area contributed by atoms with Gasteiger partial charge in [0.1, 0.15) is 11.5 Å². The van der Waals surface area contributed by atoms with E-state index < -0.39 is 0 Å². The van der Waals surface area contributed by atoms with Crippen molar-refractivity contribution in [2.45, 2.75) is 232 Å². The Labute approximate surface area is 790 Å². The molecule has 124 heavy (non-hydrogen) atoms. The second kappa shape index (κ2) is 64.6. The van der Waals surface area contributed by atoms with Gasteiger partial charge in [-0.15, -0.1) is 0 Å². The molecule has 0 aliphatic carbocycles. The van der Waals surface area contributed by atoms with Crippen molar-refractivity contribution in [3.05, 3.63) is 482 Å². The van der Waals surface area contributed by atoms with E-state index in [4.69, 9.17) is 4.74 Å². The summed E-state index contributed by atoms with van der Waals surface area (Å²) in [6.07, 6.45) is 2.28. The van der Waals surface area contributed by atoms with Crippen LogP contribution in [0.2, 0.25) is 0 Å². The predicted octanol–water partition coefficient (Wildman–Crippen LogP) is 37.7. The Morgan fingerprint density at radius 3 is 0.637 bits per heavy atom. The van der Waals surface area contributed by atoms with Crippen molar-refractivity contribution in [2.24, 2.45) is 0 Å². The van der Waals surface area contributed by atoms with Gasteiger partial charge in [0.2, 0.25) is 0 Å². The first kappa shape index (κ1) is 120. The summed E-state index contributed by atoms with van der Waals surface area (Å²) in [5, 5.41) is 2.67. The largest absolute Gasteiger partial charge is 0.457 e. The van der Waals surface area contributed by atoms with Crippen LogP contribution in [0.3, 0.4) is 0 Å². The number of benzene rings is 15. The van der Waals surface area contributed by atoms with E-state index in [0.29, 0.717) is 0 Å². The summed E-state index contributed by atoms with van der Waals surface area (Å²) in [6, 6.07) is 124. The van der Waals surface area contributed by atoms with E-state index >= 15 is 0 Å². The molecule has 0 saturated carbocycles. The molecule has 0 unspecified atom stereocenters. The van der Waals surface area contributed by atoms with Gasteiger partial charge in [-0.25, -0.2) is 0 Å². The molecule has 0 aliphatic heterocycles. The van der Waals surface area contributed by atoms with Gasteiger partial charge >= 0.3 is 0 Å². The van der Waals surface area contributed by atoms with Crippen LogP contribution in [0, 0.1) is 132 Å². The van der Waals surface area contributed by atoms with Gasteiger partial charge in [-0.1, -0.05) is 501 Å². The van der Waals surface area contributed by atoms with E-state index in [1.165, 1.54) is 161 Å². The van der Waals surface area contributed by atoms with E-state index in [2.05, 4.69) is 456 Å². The summed E-state index contributed by atoms with van der Waals surface area (Å²) in [7, 11) is 0. The molecular formula is C121H159OSY-. The maximum Gasteiger partial charge on any atom is 0.127 e. The van der Waals surface area contributed by atoms with Crippen molar-refractivity contribution in [2.75, 3.05) is 0 Å². The Hall–Kier alpha value is -10.2. The number of fused-ring (bicyclic) bond motifs is 1. The molecular weight excluding hydrogens is 1590 g/mol. The number of hydrogen-bond donors (Lipinski definition) is 0. The molecule has 0 saturated heterocycles.